The van der Waals surface area contributed by atoms with Crippen LogP contribution in [-0.4, -0.2) is 79.3 Å². The van der Waals surface area contributed by atoms with Crippen molar-refractivity contribution in [3.05, 3.63) is 61.4 Å². The number of fused-ring (bicyclic) bond motifs is 3. The smallest absolute Gasteiger partial charge is 0.138 e. The third kappa shape index (κ3) is 4.18. The molecule has 6 heterocycles. The van der Waals surface area contributed by atoms with Gasteiger partial charge in [0, 0.05) is 85.0 Å². The molecule has 0 saturated carbocycles. The fraction of sp³-hybridized carbons (Fsp3) is 0.308. The summed E-state index contributed by atoms with van der Waals surface area (Å²) in [7, 11) is 2.20. The number of aryl methyl sites for hydroxylation is 1. The van der Waals surface area contributed by atoms with E-state index < -0.39 is 0 Å². The highest BCUT2D eigenvalue weighted by molar-refractivity contribution is 6.07. The molecule has 0 amide bonds. The molecule has 5 aromatic heterocycles. The highest BCUT2D eigenvalue weighted by Crippen LogP contribution is 2.30. The van der Waals surface area contributed by atoms with Crippen molar-refractivity contribution in [1.82, 2.24) is 39.5 Å². The van der Waals surface area contributed by atoms with Gasteiger partial charge >= 0.3 is 0 Å². The van der Waals surface area contributed by atoms with Crippen LogP contribution < -0.4 is 0 Å². The molecule has 0 unspecified atom stereocenters. The van der Waals surface area contributed by atoms with Gasteiger partial charge in [0.15, 0.2) is 0 Å². The van der Waals surface area contributed by atoms with Gasteiger partial charge in [0.2, 0.25) is 0 Å². The Balaban J connectivity index is 1.22. The SMILES string of the molecule is CN1CCN(CCCn2cc(-c3cnc4[nH]c5cnc(-c6cccnc6)cc5c4c3)cn2)CC1. The second kappa shape index (κ2) is 8.96. The predicted octanol–water partition coefficient (Wildman–Crippen LogP) is 3.67. The number of likely N-dealkylation sites (N-methyl/N-ethyl adjacent to an activating group) is 1. The Morgan fingerprint density at radius 3 is 2.65 bits per heavy atom. The van der Waals surface area contributed by atoms with Crippen LogP contribution in [0.5, 0.6) is 0 Å². The minimum absolute atomic E-state index is 0.864. The summed E-state index contributed by atoms with van der Waals surface area (Å²) in [6.45, 7) is 6.70. The first-order chi connectivity index (χ1) is 16.7. The highest BCUT2D eigenvalue weighted by Gasteiger charge is 2.14. The number of hydrogen-bond donors (Lipinski definition) is 1. The van der Waals surface area contributed by atoms with Gasteiger partial charge in [-0.15, -0.1) is 0 Å². The topological polar surface area (TPSA) is 78.8 Å². The van der Waals surface area contributed by atoms with Crippen LogP contribution in [-0.2, 0) is 6.54 Å². The fourth-order valence-corrected chi connectivity index (χ4v) is 4.67. The molecule has 0 atom stereocenters. The number of rotatable bonds is 6. The average Bonchev–Trinajstić information content (AvgIpc) is 3.50. The van der Waals surface area contributed by atoms with Crippen LogP contribution >= 0.6 is 0 Å². The molecule has 6 rings (SSSR count). The van der Waals surface area contributed by atoms with Crippen LogP contribution in [0.4, 0.5) is 0 Å². The molecule has 0 aliphatic carbocycles. The Labute approximate surface area is 198 Å². The maximum absolute atomic E-state index is 4.69. The van der Waals surface area contributed by atoms with Gasteiger partial charge in [0.05, 0.1) is 23.6 Å². The van der Waals surface area contributed by atoms with Gasteiger partial charge in [-0.3, -0.25) is 14.6 Å². The van der Waals surface area contributed by atoms with E-state index in [4.69, 9.17) is 4.98 Å². The number of nitrogens with one attached hydrogen (secondary N) is 1. The Kier molecular flexibility index (Phi) is 5.52. The molecule has 1 N–H and O–H groups in total. The molecule has 8 heteroatoms. The predicted molar refractivity (Wildman–Crippen MR) is 134 cm³/mol. The lowest BCUT2D eigenvalue weighted by Gasteiger charge is -2.32. The van der Waals surface area contributed by atoms with E-state index in [1.54, 1.807) is 6.20 Å². The van der Waals surface area contributed by atoms with Crippen molar-refractivity contribution in [3.8, 4) is 22.4 Å². The third-order valence-corrected chi connectivity index (χ3v) is 6.72. The third-order valence-electron chi connectivity index (χ3n) is 6.72. The molecule has 5 aromatic rings. The van der Waals surface area contributed by atoms with Gasteiger partial charge in [-0.05, 0) is 44.3 Å². The van der Waals surface area contributed by atoms with E-state index in [2.05, 4.69) is 59.9 Å². The van der Waals surface area contributed by atoms with Gasteiger partial charge in [0.25, 0.3) is 0 Å². The molecular formula is C26H28N8. The average molecular weight is 453 g/mol. The van der Waals surface area contributed by atoms with Crippen molar-refractivity contribution in [1.29, 1.82) is 0 Å². The molecule has 0 aromatic carbocycles. The second-order valence-electron chi connectivity index (χ2n) is 9.09. The number of aromatic nitrogens is 6. The number of hydrogen-bond acceptors (Lipinski definition) is 6. The van der Waals surface area contributed by atoms with E-state index >= 15 is 0 Å². The van der Waals surface area contributed by atoms with Gasteiger partial charge in [-0.2, -0.15) is 5.10 Å². The van der Waals surface area contributed by atoms with Crippen molar-refractivity contribution in [2.24, 2.45) is 0 Å². The normalized spacial score (nSPS) is 15.4. The molecule has 1 aliphatic heterocycles. The maximum Gasteiger partial charge on any atom is 0.138 e. The lowest BCUT2D eigenvalue weighted by Crippen LogP contribution is -2.44. The van der Waals surface area contributed by atoms with Crippen molar-refractivity contribution in [2.45, 2.75) is 13.0 Å². The molecule has 0 bridgehead atoms. The summed E-state index contributed by atoms with van der Waals surface area (Å²) in [5.41, 5.74) is 5.90. The van der Waals surface area contributed by atoms with Gasteiger partial charge in [0.1, 0.15) is 5.65 Å². The first-order valence-electron chi connectivity index (χ1n) is 11.8. The number of pyridine rings is 3. The molecule has 1 fully saturated rings. The van der Waals surface area contributed by atoms with Crippen LogP contribution in [0, 0.1) is 0 Å². The van der Waals surface area contributed by atoms with Gasteiger partial charge in [-0.25, -0.2) is 4.98 Å². The first kappa shape index (κ1) is 20.9. The van der Waals surface area contributed by atoms with Crippen molar-refractivity contribution in [2.75, 3.05) is 39.8 Å². The van der Waals surface area contributed by atoms with Crippen LogP contribution in [0.1, 0.15) is 6.42 Å². The molecule has 0 radical (unpaired) electrons. The highest BCUT2D eigenvalue weighted by atomic mass is 15.3. The maximum atomic E-state index is 4.69. The first-order valence-corrected chi connectivity index (χ1v) is 11.8. The van der Waals surface area contributed by atoms with E-state index in [1.807, 2.05) is 36.9 Å². The Morgan fingerprint density at radius 1 is 0.882 bits per heavy atom. The monoisotopic (exact) mass is 452 g/mol. The molecule has 8 nitrogen and oxygen atoms in total. The lowest BCUT2D eigenvalue weighted by atomic mass is 10.1. The number of H-pyrrole nitrogens is 1. The fourth-order valence-electron chi connectivity index (χ4n) is 4.67. The summed E-state index contributed by atoms with van der Waals surface area (Å²) in [4.78, 5) is 21.8. The summed E-state index contributed by atoms with van der Waals surface area (Å²) in [6.07, 6.45) is 12.6. The van der Waals surface area contributed by atoms with Crippen LogP contribution in [0.25, 0.3) is 44.3 Å². The second-order valence-corrected chi connectivity index (χ2v) is 9.09. The Hall–Kier alpha value is -3.62. The van der Waals surface area contributed by atoms with Crippen molar-refractivity contribution >= 4 is 21.9 Å². The molecular weight excluding hydrogens is 424 g/mol. The van der Waals surface area contributed by atoms with E-state index in [-0.39, 0.29) is 0 Å². The van der Waals surface area contributed by atoms with E-state index in [9.17, 15) is 0 Å². The number of piperazine rings is 1. The van der Waals surface area contributed by atoms with Crippen molar-refractivity contribution < 1.29 is 0 Å². The Bertz CT molecular complexity index is 1410. The minimum atomic E-state index is 0.864. The standard InChI is InChI=1S/C26H28N8/c1-32-8-10-33(11-9-32)6-3-7-34-18-21(16-30-34)20-12-23-22-13-24(19-4-2-5-27-14-19)28-17-25(22)31-26(23)29-15-20/h2,4-5,12-18H,3,6-11H2,1H3,(H,29,31). The zero-order valence-electron chi connectivity index (χ0n) is 19.4. The molecule has 1 aliphatic rings. The summed E-state index contributed by atoms with van der Waals surface area (Å²) in [5.74, 6) is 0. The summed E-state index contributed by atoms with van der Waals surface area (Å²) in [5, 5.41) is 6.80. The largest absolute Gasteiger partial charge is 0.338 e. The summed E-state index contributed by atoms with van der Waals surface area (Å²) in [6, 6.07) is 8.26. The molecule has 1 saturated heterocycles. The zero-order valence-corrected chi connectivity index (χ0v) is 19.4. The van der Waals surface area contributed by atoms with Crippen molar-refractivity contribution in [3.63, 3.8) is 0 Å². The summed E-state index contributed by atoms with van der Waals surface area (Å²) >= 11 is 0. The Morgan fingerprint density at radius 2 is 1.79 bits per heavy atom. The van der Waals surface area contributed by atoms with E-state index in [1.165, 1.54) is 0 Å². The zero-order chi connectivity index (χ0) is 22.9. The van der Waals surface area contributed by atoms with Gasteiger partial charge in [-0.1, -0.05) is 0 Å². The van der Waals surface area contributed by atoms with Crippen LogP contribution in [0.15, 0.2) is 61.4 Å². The van der Waals surface area contributed by atoms with Crippen LogP contribution in [0.2, 0.25) is 0 Å². The number of aromatic amines is 1. The van der Waals surface area contributed by atoms with Gasteiger partial charge < -0.3 is 14.8 Å². The molecule has 34 heavy (non-hydrogen) atoms. The molecule has 172 valence electrons. The van der Waals surface area contributed by atoms with Crippen LogP contribution in [0.3, 0.4) is 0 Å². The van der Waals surface area contributed by atoms with E-state index in [0.29, 0.717) is 0 Å². The number of nitrogens with zero attached hydrogens (tertiary/aromatic N) is 7. The molecule has 0 spiro atoms. The quantitative estimate of drug-likeness (QED) is 0.424. The minimum Gasteiger partial charge on any atom is -0.338 e. The lowest BCUT2D eigenvalue weighted by molar-refractivity contribution is 0.151. The van der Waals surface area contributed by atoms with E-state index in [0.717, 1.165) is 90.0 Å². The summed E-state index contributed by atoms with van der Waals surface area (Å²) < 4.78 is 2.05.